The van der Waals surface area contributed by atoms with Gasteiger partial charge < -0.3 is 5.32 Å². The second-order valence-corrected chi connectivity index (χ2v) is 9.15. The van der Waals surface area contributed by atoms with E-state index in [1.807, 2.05) is 0 Å². The lowest BCUT2D eigenvalue weighted by Crippen LogP contribution is -2.31. The minimum absolute atomic E-state index is 0.0359. The highest BCUT2D eigenvalue weighted by Gasteiger charge is 2.31. The molecule has 0 fully saturated rings. The van der Waals surface area contributed by atoms with E-state index in [0.717, 1.165) is 6.07 Å². The number of benzene rings is 2. The molecule has 0 radical (unpaired) electrons. The Balaban J connectivity index is 1.90. The molecule has 27 heavy (non-hydrogen) atoms. The van der Waals surface area contributed by atoms with Crippen molar-refractivity contribution in [2.45, 2.75) is 17.1 Å². The molecule has 0 saturated carbocycles. The van der Waals surface area contributed by atoms with Crippen LogP contribution in [0.3, 0.4) is 0 Å². The molecule has 3 rings (SSSR count). The maximum absolute atomic E-state index is 13.6. The van der Waals surface area contributed by atoms with E-state index < -0.39 is 20.9 Å². The van der Waals surface area contributed by atoms with Crippen molar-refractivity contribution in [2.75, 3.05) is 6.54 Å². The monoisotopic (exact) mass is 403 g/mol. The molecule has 0 aliphatic rings. The Morgan fingerprint density at radius 1 is 1.11 bits per heavy atom. The molecular formula is C20H18FNO3S2. The normalized spacial score (nSPS) is 12.5. The van der Waals surface area contributed by atoms with E-state index in [1.165, 1.54) is 30.4 Å². The van der Waals surface area contributed by atoms with Crippen molar-refractivity contribution >= 4 is 27.1 Å². The molecule has 1 unspecified atom stereocenters. The second-order valence-electron chi connectivity index (χ2n) is 6.04. The van der Waals surface area contributed by atoms with Crippen molar-refractivity contribution < 1.29 is 17.6 Å². The molecule has 0 saturated heterocycles. The number of rotatable bonds is 6. The number of carbonyl (C=O) groups excluding carboxylic acids is 1. The minimum Gasteiger partial charge on any atom is -0.350 e. The summed E-state index contributed by atoms with van der Waals surface area (Å²) in [5.74, 6) is -0.804. The van der Waals surface area contributed by atoms with Crippen LogP contribution in [0.4, 0.5) is 4.39 Å². The summed E-state index contributed by atoms with van der Waals surface area (Å²) in [7, 11) is -3.81. The molecule has 2 aromatic carbocycles. The highest BCUT2D eigenvalue weighted by atomic mass is 32.2. The van der Waals surface area contributed by atoms with Crippen molar-refractivity contribution in [3.63, 3.8) is 0 Å². The number of sulfone groups is 1. The van der Waals surface area contributed by atoms with E-state index in [2.05, 4.69) is 5.32 Å². The van der Waals surface area contributed by atoms with Gasteiger partial charge in [0.15, 0.2) is 9.84 Å². The molecule has 0 aliphatic heterocycles. The Bertz CT molecular complexity index is 1030. The third kappa shape index (κ3) is 4.26. The number of aryl methyl sites for hydroxylation is 1. The predicted octanol–water partition coefficient (Wildman–Crippen LogP) is 4.14. The van der Waals surface area contributed by atoms with Crippen LogP contribution in [0.5, 0.6) is 0 Å². The fraction of sp³-hybridized carbons (Fsp3) is 0.150. The van der Waals surface area contributed by atoms with Crippen LogP contribution >= 0.6 is 11.3 Å². The van der Waals surface area contributed by atoms with Crippen LogP contribution < -0.4 is 5.32 Å². The Labute approximate surface area is 161 Å². The zero-order valence-electron chi connectivity index (χ0n) is 14.6. The van der Waals surface area contributed by atoms with E-state index in [4.69, 9.17) is 0 Å². The fourth-order valence-corrected chi connectivity index (χ4v) is 5.54. The third-order valence-electron chi connectivity index (χ3n) is 4.18. The summed E-state index contributed by atoms with van der Waals surface area (Å²) in [5.41, 5.74) is 0.715. The Hall–Kier alpha value is -2.51. The maximum Gasteiger partial charge on any atom is 0.251 e. The van der Waals surface area contributed by atoms with E-state index in [9.17, 15) is 17.6 Å². The van der Waals surface area contributed by atoms with Gasteiger partial charge in [-0.1, -0.05) is 24.3 Å². The van der Waals surface area contributed by atoms with Gasteiger partial charge in [-0.05, 0) is 54.3 Å². The molecule has 0 spiro atoms. The first-order valence-electron chi connectivity index (χ1n) is 8.26. The zero-order chi connectivity index (χ0) is 19.4. The molecule has 1 atom stereocenters. The minimum atomic E-state index is -3.81. The first-order valence-corrected chi connectivity index (χ1v) is 10.7. The van der Waals surface area contributed by atoms with Crippen molar-refractivity contribution in [1.29, 1.82) is 0 Å². The summed E-state index contributed by atoms with van der Waals surface area (Å²) in [6.45, 7) is 1.44. The molecular weight excluding hydrogens is 385 g/mol. The fourth-order valence-electron chi connectivity index (χ4n) is 2.67. The molecule has 1 N–H and O–H groups in total. The van der Waals surface area contributed by atoms with Crippen LogP contribution in [0.15, 0.2) is 70.9 Å². The van der Waals surface area contributed by atoms with Gasteiger partial charge in [-0.3, -0.25) is 4.79 Å². The number of thiophene rings is 1. The number of hydrogen-bond donors (Lipinski definition) is 1. The summed E-state index contributed by atoms with van der Waals surface area (Å²) in [6, 6.07) is 15.8. The average molecular weight is 404 g/mol. The van der Waals surface area contributed by atoms with Gasteiger partial charge in [0.1, 0.15) is 11.1 Å². The van der Waals surface area contributed by atoms with Crippen LogP contribution in [0.1, 0.15) is 26.0 Å². The van der Waals surface area contributed by atoms with Crippen molar-refractivity contribution in [3.8, 4) is 0 Å². The highest BCUT2D eigenvalue weighted by molar-refractivity contribution is 7.91. The summed E-state index contributed by atoms with van der Waals surface area (Å²) >= 11 is 1.30. The van der Waals surface area contributed by atoms with Crippen LogP contribution in [0, 0.1) is 12.7 Å². The van der Waals surface area contributed by atoms with Gasteiger partial charge in [0.05, 0.1) is 4.90 Å². The molecule has 140 valence electrons. The Morgan fingerprint density at radius 3 is 2.48 bits per heavy atom. The van der Waals surface area contributed by atoms with E-state index in [1.54, 1.807) is 47.8 Å². The van der Waals surface area contributed by atoms with Crippen molar-refractivity contribution in [2.24, 2.45) is 0 Å². The molecule has 0 aliphatic carbocycles. The van der Waals surface area contributed by atoms with Crippen molar-refractivity contribution in [3.05, 3.63) is 87.9 Å². The van der Waals surface area contributed by atoms with Crippen LogP contribution in [-0.2, 0) is 9.84 Å². The first-order chi connectivity index (χ1) is 12.9. The molecule has 1 aromatic heterocycles. The lowest BCUT2D eigenvalue weighted by Gasteiger charge is -2.18. The lowest BCUT2D eigenvalue weighted by molar-refractivity contribution is 0.0953. The average Bonchev–Trinajstić information content (AvgIpc) is 3.18. The Kier molecular flexibility index (Phi) is 5.72. The number of carbonyl (C=O) groups is 1. The second kappa shape index (κ2) is 8.02. The quantitative estimate of drug-likeness (QED) is 0.629. The molecule has 7 heteroatoms. The van der Waals surface area contributed by atoms with E-state index in [0.29, 0.717) is 10.4 Å². The van der Waals surface area contributed by atoms with E-state index >= 15 is 0 Å². The molecule has 1 amide bonds. The highest BCUT2D eigenvalue weighted by Crippen LogP contribution is 2.32. The molecule has 0 bridgehead atoms. The van der Waals surface area contributed by atoms with Crippen LogP contribution in [-0.4, -0.2) is 20.9 Å². The SMILES string of the molecule is Cc1cc(S(=O)(=O)C(CNC(=O)c2ccccc2)c2cccs2)ccc1F. The maximum atomic E-state index is 13.6. The zero-order valence-corrected chi connectivity index (χ0v) is 16.2. The van der Waals surface area contributed by atoms with Gasteiger partial charge in [0.2, 0.25) is 0 Å². The predicted molar refractivity (Wildman–Crippen MR) is 104 cm³/mol. The van der Waals surface area contributed by atoms with Crippen LogP contribution in [0.25, 0.3) is 0 Å². The largest absolute Gasteiger partial charge is 0.350 e. The lowest BCUT2D eigenvalue weighted by atomic mass is 10.2. The molecule has 3 aromatic rings. The summed E-state index contributed by atoms with van der Waals surface area (Å²) in [6.07, 6.45) is 0. The topological polar surface area (TPSA) is 63.2 Å². The van der Waals surface area contributed by atoms with Gasteiger partial charge >= 0.3 is 0 Å². The number of hydrogen-bond acceptors (Lipinski definition) is 4. The van der Waals surface area contributed by atoms with Gasteiger partial charge in [0.25, 0.3) is 5.91 Å². The van der Waals surface area contributed by atoms with Gasteiger partial charge in [-0.15, -0.1) is 11.3 Å². The summed E-state index contributed by atoms with van der Waals surface area (Å²) < 4.78 is 39.9. The van der Waals surface area contributed by atoms with E-state index in [-0.39, 0.29) is 22.9 Å². The smallest absolute Gasteiger partial charge is 0.251 e. The summed E-state index contributed by atoms with van der Waals surface area (Å²) in [5, 5.41) is 3.54. The third-order valence-corrected chi connectivity index (χ3v) is 7.39. The first kappa shape index (κ1) is 19.3. The Morgan fingerprint density at radius 2 is 1.85 bits per heavy atom. The van der Waals surface area contributed by atoms with Gasteiger partial charge in [-0.2, -0.15) is 0 Å². The number of halogens is 1. The summed E-state index contributed by atoms with van der Waals surface area (Å²) in [4.78, 5) is 13.0. The van der Waals surface area contributed by atoms with Crippen molar-refractivity contribution in [1.82, 2.24) is 5.32 Å². The standard InChI is InChI=1S/C20H18FNO3S2/c1-14-12-16(9-10-17(14)21)27(24,25)19(18-8-5-11-26-18)13-22-20(23)15-6-3-2-4-7-15/h2-12,19H,13H2,1H3,(H,22,23). The molecule has 4 nitrogen and oxygen atoms in total. The number of nitrogens with one attached hydrogen (secondary N) is 1. The number of amides is 1. The van der Waals surface area contributed by atoms with Gasteiger partial charge in [0, 0.05) is 17.0 Å². The van der Waals surface area contributed by atoms with Crippen LogP contribution in [0.2, 0.25) is 0 Å². The molecule has 1 heterocycles. The van der Waals surface area contributed by atoms with Gasteiger partial charge in [-0.25, -0.2) is 12.8 Å².